The lowest BCUT2D eigenvalue weighted by molar-refractivity contribution is -0.134. The summed E-state index contributed by atoms with van der Waals surface area (Å²) in [6.07, 6.45) is 4.93. The number of thioether (sulfide) groups is 1. The van der Waals surface area contributed by atoms with Gasteiger partial charge in [-0.05, 0) is 25.8 Å². The first-order valence-corrected chi connectivity index (χ1v) is 12.0. The second-order valence-electron chi connectivity index (χ2n) is 8.90. The van der Waals surface area contributed by atoms with Crippen molar-refractivity contribution in [1.82, 2.24) is 16.0 Å². The van der Waals surface area contributed by atoms with Crippen LogP contribution in [0.2, 0.25) is 0 Å². The van der Waals surface area contributed by atoms with Gasteiger partial charge in [-0.25, -0.2) is 4.79 Å². The molecule has 2 aliphatic heterocycles. The molecule has 0 saturated carbocycles. The van der Waals surface area contributed by atoms with Crippen LogP contribution in [0.1, 0.15) is 65.2 Å². The minimum atomic E-state index is -0.762. The first-order valence-electron chi connectivity index (χ1n) is 10.9. The van der Waals surface area contributed by atoms with Gasteiger partial charge in [-0.2, -0.15) is 11.8 Å². The Morgan fingerprint density at radius 3 is 2.57 bits per heavy atom. The summed E-state index contributed by atoms with van der Waals surface area (Å²) < 4.78 is 0. The molecule has 2 heterocycles. The summed E-state index contributed by atoms with van der Waals surface area (Å²) in [4.78, 5) is 47.5. The molecule has 0 aromatic rings. The van der Waals surface area contributed by atoms with Gasteiger partial charge in [0.25, 0.3) is 0 Å². The van der Waals surface area contributed by atoms with Crippen molar-refractivity contribution in [2.24, 2.45) is 11.1 Å². The lowest BCUT2D eigenvalue weighted by Gasteiger charge is -2.22. The Labute approximate surface area is 183 Å². The number of rotatable bonds is 14. The van der Waals surface area contributed by atoms with Crippen LogP contribution in [0.5, 0.6) is 0 Å². The van der Waals surface area contributed by atoms with Crippen LogP contribution in [0.25, 0.3) is 0 Å². The number of carbonyl (C=O) groups excluding carboxylic acids is 4. The standard InChI is InChI=1S/C21H36N4O4S/c1-21(2,12-15(27)9-10-22)19(28)23-11-5-7-14(26)6-3-4-8-17-18-16(13-30-17)24-20(29)25-18/h16-18H,3-13,22H2,1-2H3,(H,23,28)(H2,24,25,29)/t16-,17-,18-/m0/s1. The van der Waals surface area contributed by atoms with Crippen LogP contribution in [0.15, 0.2) is 0 Å². The third kappa shape index (κ3) is 7.58. The molecule has 0 aliphatic carbocycles. The predicted octanol–water partition coefficient (Wildman–Crippen LogP) is 1.51. The van der Waals surface area contributed by atoms with E-state index in [4.69, 9.17) is 5.73 Å². The van der Waals surface area contributed by atoms with E-state index in [2.05, 4.69) is 16.0 Å². The summed E-state index contributed by atoms with van der Waals surface area (Å²) in [7, 11) is 0. The molecule has 2 fully saturated rings. The lowest BCUT2D eigenvalue weighted by Crippen LogP contribution is -2.39. The highest BCUT2D eigenvalue weighted by atomic mass is 32.2. The second kappa shape index (κ2) is 11.7. The molecular weight excluding hydrogens is 404 g/mol. The molecule has 3 amide bonds. The van der Waals surface area contributed by atoms with Crippen molar-refractivity contribution in [3.63, 3.8) is 0 Å². The van der Waals surface area contributed by atoms with Crippen molar-refractivity contribution in [2.75, 3.05) is 18.8 Å². The average molecular weight is 441 g/mol. The Bertz CT molecular complexity index is 640. The molecule has 0 unspecified atom stereocenters. The van der Waals surface area contributed by atoms with Crippen molar-refractivity contribution in [3.05, 3.63) is 0 Å². The van der Waals surface area contributed by atoms with Crippen LogP contribution >= 0.6 is 11.8 Å². The number of urea groups is 1. The van der Waals surface area contributed by atoms with E-state index in [0.717, 1.165) is 25.0 Å². The quantitative estimate of drug-likeness (QED) is 0.239. The summed E-state index contributed by atoms with van der Waals surface area (Å²) in [5.41, 5.74) is 4.62. The zero-order valence-corrected chi connectivity index (χ0v) is 18.9. The van der Waals surface area contributed by atoms with Gasteiger partial charge in [-0.15, -0.1) is 0 Å². The predicted molar refractivity (Wildman–Crippen MR) is 118 cm³/mol. The van der Waals surface area contributed by atoms with Gasteiger partial charge in [0.15, 0.2) is 0 Å². The van der Waals surface area contributed by atoms with Crippen molar-refractivity contribution < 1.29 is 19.2 Å². The fraction of sp³-hybridized carbons (Fsp3) is 0.810. The topological polar surface area (TPSA) is 130 Å². The molecule has 0 radical (unpaired) electrons. The lowest BCUT2D eigenvalue weighted by atomic mass is 9.85. The SMILES string of the molecule is CC(C)(CC(=O)CCN)C(=O)NCCCC(=O)CCCC[C@@H]1SC[C@@H]2NC(=O)N[C@@H]21. The largest absolute Gasteiger partial charge is 0.356 e. The van der Waals surface area contributed by atoms with Gasteiger partial charge in [0.2, 0.25) is 5.91 Å². The third-order valence-corrected chi connectivity index (χ3v) is 7.24. The average Bonchev–Trinajstić information content (AvgIpc) is 3.21. The minimum Gasteiger partial charge on any atom is -0.356 e. The molecule has 0 aromatic carbocycles. The normalized spacial score (nSPS) is 22.9. The van der Waals surface area contributed by atoms with E-state index >= 15 is 0 Å². The third-order valence-electron chi connectivity index (χ3n) is 5.73. The van der Waals surface area contributed by atoms with Gasteiger partial charge in [-0.1, -0.05) is 20.3 Å². The minimum absolute atomic E-state index is 0.00840. The highest BCUT2D eigenvalue weighted by molar-refractivity contribution is 8.00. The molecule has 9 heteroatoms. The smallest absolute Gasteiger partial charge is 0.315 e. The maximum Gasteiger partial charge on any atom is 0.315 e. The summed E-state index contributed by atoms with van der Waals surface area (Å²) in [6, 6.07) is 0.396. The number of Topliss-reactive ketones (excluding diaryl/α,β-unsaturated/α-hetero) is 2. The van der Waals surface area contributed by atoms with Gasteiger partial charge in [0.05, 0.1) is 17.5 Å². The second-order valence-corrected chi connectivity index (χ2v) is 10.2. The van der Waals surface area contributed by atoms with Crippen molar-refractivity contribution in [3.8, 4) is 0 Å². The number of ketones is 2. The van der Waals surface area contributed by atoms with Crippen LogP contribution in [-0.4, -0.2) is 59.7 Å². The number of hydrogen-bond donors (Lipinski definition) is 4. The van der Waals surface area contributed by atoms with Crippen molar-refractivity contribution in [2.45, 2.75) is 82.5 Å². The maximum absolute atomic E-state index is 12.3. The first-order chi connectivity index (χ1) is 14.2. The van der Waals surface area contributed by atoms with E-state index in [1.165, 1.54) is 0 Å². The Hall–Kier alpha value is -1.61. The van der Waals surface area contributed by atoms with E-state index in [1.807, 2.05) is 11.8 Å². The number of hydrogen-bond acceptors (Lipinski definition) is 6. The number of unbranched alkanes of at least 4 members (excludes halogenated alkanes) is 1. The monoisotopic (exact) mass is 440 g/mol. The number of carbonyl (C=O) groups is 4. The van der Waals surface area contributed by atoms with Crippen molar-refractivity contribution >= 4 is 35.3 Å². The number of nitrogens with one attached hydrogen (secondary N) is 3. The Balaban J connectivity index is 1.52. The highest BCUT2D eigenvalue weighted by Crippen LogP contribution is 2.33. The van der Waals surface area contributed by atoms with E-state index in [-0.39, 0.29) is 48.4 Å². The molecule has 0 bridgehead atoms. The highest BCUT2D eigenvalue weighted by Gasteiger charge is 2.42. The summed E-state index contributed by atoms with van der Waals surface area (Å²) >= 11 is 1.89. The maximum atomic E-state index is 12.3. The van der Waals surface area contributed by atoms with Gasteiger partial charge < -0.3 is 21.7 Å². The fourth-order valence-corrected chi connectivity index (χ4v) is 5.53. The molecule has 5 N–H and O–H groups in total. The number of amides is 3. The molecule has 0 spiro atoms. The molecule has 3 atom stereocenters. The molecule has 30 heavy (non-hydrogen) atoms. The van der Waals surface area contributed by atoms with Gasteiger partial charge in [-0.3, -0.25) is 14.4 Å². The van der Waals surface area contributed by atoms with Crippen LogP contribution in [-0.2, 0) is 14.4 Å². The molecule has 8 nitrogen and oxygen atoms in total. The molecule has 170 valence electrons. The van der Waals surface area contributed by atoms with Crippen LogP contribution in [0.4, 0.5) is 4.79 Å². The Kier molecular flexibility index (Phi) is 9.61. The zero-order valence-electron chi connectivity index (χ0n) is 18.1. The summed E-state index contributed by atoms with van der Waals surface area (Å²) in [6.45, 7) is 4.24. The molecule has 0 aromatic heterocycles. The molecular formula is C21H36N4O4S. The first kappa shape index (κ1) is 24.7. The van der Waals surface area contributed by atoms with Crippen LogP contribution in [0.3, 0.4) is 0 Å². The van der Waals surface area contributed by atoms with E-state index < -0.39 is 5.41 Å². The van der Waals surface area contributed by atoms with Gasteiger partial charge in [0.1, 0.15) is 11.6 Å². The van der Waals surface area contributed by atoms with Crippen LogP contribution in [0, 0.1) is 5.41 Å². The number of nitrogens with two attached hydrogens (primary N) is 1. The fourth-order valence-electron chi connectivity index (χ4n) is 3.99. The molecule has 2 saturated heterocycles. The Morgan fingerprint density at radius 1 is 1.10 bits per heavy atom. The zero-order chi connectivity index (χ0) is 22.1. The summed E-state index contributed by atoms with van der Waals surface area (Å²) in [5.74, 6) is 0.998. The Morgan fingerprint density at radius 2 is 1.83 bits per heavy atom. The van der Waals surface area contributed by atoms with E-state index in [1.54, 1.807) is 13.8 Å². The molecule has 2 aliphatic rings. The van der Waals surface area contributed by atoms with Gasteiger partial charge >= 0.3 is 6.03 Å². The van der Waals surface area contributed by atoms with Crippen LogP contribution < -0.4 is 21.7 Å². The number of fused-ring (bicyclic) bond motifs is 1. The van der Waals surface area contributed by atoms with E-state index in [9.17, 15) is 19.2 Å². The van der Waals surface area contributed by atoms with E-state index in [0.29, 0.717) is 37.6 Å². The van der Waals surface area contributed by atoms with Crippen molar-refractivity contribution in [1.29, 1.82) is 0 Å². The summed E-state index contributed by atoms with van der Waals surface area (Å²) in [5, 5.41) is 9.20. The molecule has 2 rings (SSSR count). The van der Waals surface area contributed by atoms with Gasteiger partial charge in [0, 0.05) is 43.2 Å².